The van der Waals surface area contributed by atoms with Crippen molar-refractivity contribution >= 4 is 33.4 Å². The number of carbonyl (C=O) groups is 2. The van der Waals surface area contributed by atoms with Gasteiger partial charge in [-0.1, -0.05) is 17.7 Å². The molecule has 12 heteroatoms. The van der Waals surface area contributed by atoms with Crippen LogP contribution in [-0.4, -0.2) is 55.6 Å². The standard InChI is InChI=1S/C19H17ClF3N3O4S/c20-16-5-4-14(11-15(16)19(21,22)23)31(29,30)26-8-6-25(7-9-26)18(28)13-3-1-2-12(10-13)17(24)27/h1-5,10-11H,6-9H2,(H2,24,27). The summed E-state index contributed by atoms with van der Waals surface area (Å²) >= 11 is 5.56. The van der Waals surface area contributed by atoms with E-state index in [1.165, 1.54) is 29.2 Å². The summed E-state index contributed by atoms with van der Waals surface area (Å²) in [6.07, 6.45) is -4.80. The van der Waals surface area contributed by atoms with Crippen molar-refractivity contribution < 1.29 is 31.2 Å². The fraction of sp³-hybridized carbons (Fsp3) is 0.263. The van der Waals surface area contributed by atoms with Gasteiger partial charge in [-0.3, -0.25) is 9.59 Å². The molecule has 1 heterocycles. The lowest BCUT2D eigenvalue weighted by Crippen LogP contribution is -2.50. The lowest BCUT2D eigenvalue weighted by atomic mass is 10.1. The first-order valence-corrected chi connectivity index (χ1v) is 10.8. The van der Waals surface area contributed by atoms with E-state index in [0.717, 1.165) is 16.4 Å². The fourth-order valence-corrected chi connectivity index (χ4v) is 4.82. The zero-order valence-corrected chi connectivity index (χ0v) is 17.5. The molecule has 0 radical (unpaired) electrons. The molecule has 1 aliphatic rings. The van der Waals surface area contributed by atoms with Gasteiger partial charge in [0.25, 0.3) is 5.91 Å². The Labute approximate surface area is 181 Å². The molecule has 0 unspecified atom stereocenters. The van der Waals surface area contributed by atoms with Gasteiger partial charge in [-0.25, -0.2) is 8.42 Å². The molecule has 0 saturated carbocycles. The number of sulfonamides is 1. The third kappa shape index (κ3) is 4.83. The van der Waals surface area contributed by atoms with Gasteiger partial charge in [0, 0.05) is 37.3 Å². The van der Waals surface area contributed by atoms with Crippen LogP contribution in [-0.2, 0) is 16.2 Å². The second kappa shape index (κ2) is 8.48. The van der Waals surface area contributed by atoms with Crippen molar-refractivity contribution in [1.29, 1.82) is 0 Å². The summed E-state index contributed by atoms with van der Waals surface area (Å²) in [6.45, 7) is -0.154. The normalized spacial score (nSPS) is 15.7. The molecule has 1 fully saturated rings. The fourth-order valence-electron chi connectivity index (χ4n) is 3.15. The van der Waals surface area contributed by atoms with Crippen molar-refractivity contribution in [3.8, 4) is 0 Å². The third-order valence-corrected chi connectivity index (χ3v) is 7.03. The summed E-state index contributed by atoms with van der Waals surface area (Å²) in [5.74, 6) is -1.10. The number of piperazine rings is 1. The predicted octanol–water partition coefficient (Wildman–Crippen LogP) is 2.60. The first kappa shape index (κ1) is 23.0. The highest BCUT2D eigenvalue weighted by Gasteiger charge is 2.36. The molecule has 7 nitrogen and oxygen atoms in total. The van der Waals surface area contributed by atoms with E-state index in [1.54, 1.807) is 0 Å². The van der Waals surface area contributed by atoms with Crippen LogP contribution in [0.3, 0.4) is 0 Å². The maximum absolute atomic E-state index is 13.1. The van der Waals surface area contributed by atoms with Crippen LogP contribution in [0, 0.1) is 0 Å². The molecule has 1 saturated heterocycles. The number of nitrogens with zero attached hydrogens (tertiary/aromatic N) is 2. The van der Waals surface area contributed by atoms with Crippen LogP contribution < -0.4 is 5.73 Å². The topological polar surface area (TPSA) is 101 Å². The first-order chi connectivity index (χ1) is 14.4. The van der Waals surface area contributed by atoms with Crippen LogP contribution in [0.25, 0.3) is 0 Å². The van der Waals surface area contributed by atoms with Crippen molar-refractivity contribution in [3.63, 3.8) is 0 Å². The van der Waals surface area contributed by atoms with Gasteiger partial charge in [0.05, 0.1) is 15.5 Å². The molecule has 0 aliphatic carbocycles. The highest BCUT2D eigenvalue weighted by molar-refractivity contribution is 7.89. The Balaban J connectivity index is 1.75. The Morgan fingerprint density at radius 3 is 2.16 bits per heavy atom. The summed E-state index contributed by atoms with van der Waals surface area (Å²) in [7, 11) is -4.22. The Bertz CT molecular complexity index is 1130. The Morgan fingerprint density at radius 1 is 0.968 bits per heavy atom. The summed E-state index contributed by atoms with van der Waals surface area (Å²) in [5.41, 5.74) is 4.36. The van der Waals surface area contributed by atoms with Gasteiger partial charge >= 0.3 is 6.18 Å². The second-order valence-corrected chi connectivity index (χ2v) is 9.13. The van der Waals surface area contributed by atoms with Crippen LogP contribution in [0.4, 0.5) is 13.2 Å². The van der Waals surface area contributed by atoms with Gasteiger partial charge in [0.15, 0.2) is 0 Å². The number of alkyl halides is 3. The minimum atomic E-state index is -4.80. The average Bonchev–Trinajstić information content (AvgIpc) is 2.72. The number of halogens is 4. The van der Waals surface area contributed by atoms with Crippen molar-refractivity contribution in [2.45, 2.75) is 11.1 Å². The molecule has 2 amide bonds. The number of benzene rings is 2. The van der Waals surface area contributed by atoms with E-state index >= 15 is 0 Å². The van der Waals surface area contributed by atoms with Crippen LogP contribution >= 0.6 is 11.6 Å². The van der Waals surface area contributed by atoms with Gasteiger partial charge < -0.3 is 10.6 Å². The number of rotatable bonds is 4. The number of amides is 2. The molecule has 3 rings (SSSR count). The molecule has 0 spiro atoms. The molecule has 31 heavy (non-hydrogen) atoms. The number of carbonyl (C=O) groups excluding carboxylic acids is 2. The number of hydrogen-bond donors (Lipinski definition) is 1. The van der Waals surface area contributed by atoms with E-state index < -0.39 is 43.5 Å². The summed E-state index contributed by atoms with van der Waals surface area (Å²) in [6, 6.07) is 8.23. The van der Waals surface area contributed by atoms with E-state index in [1.807, 2.05) is 0 Å². The molecule has 0 bridgehead atoms. The van der Waals surface area contributed by atoms with E-state index in [4.69, 9.17) is 17.3 Å². The lowest BCUT2D eigenvalue weighted by molar-refractivity contribution is -0.137. The molecular weight excluding hydrogens is 459 g/mol. The average molecular weight is 476 g/mol. The minimum Gasteiger partial charge on any atom is -0.366 e. The van der Waals surface area contributed by atoms with E-state index in [-0.39, 0.29) is 37.3 Å². The minimum absolute atomic E-state index is 0.0264. The molecular formula is C19H17ClF3N3O4S. The maximum atomic E-state index is 13.1. The quantitative estimate of drug-likeness (QED) is 0.734. The molecule has 166 valence electrons. The zero-order chi connectivity index (χ0) is 23.0. The van der Waals surface area contributed by atoms with E-state index in [2.05, 4.69) is 0 Å². The lowest BCUT2D eigenvalue weighted by Gasteiger charge is -2.34. The highest BCUT2D eigenvalue weighted by atomic mass is 35.5. The smallest absolute Gasteiger partial charge is 0.366 e. The van der Waals surface area contributed by atoms with Crippen molar-refractivity contribution in [3.05, 3.63) is 64.2 Å². The second-order valence-electron chi connectivity index (χ2n) is 6.78. The SMILES string of the molecule is NC(=O)c1cccc(C(=O)N2CCN(S(=O)(=O)c3ccc(Cl)c(C(F)(F)F)c3)CC2)c1. The molecule has 2 aromatic carbocycles. The van der Waals surface area contributed by atoms with Gasteiger partial charge in [-0.05, 0) is 36.4 Å². The van der Waals surface area contributed by atoms with Crippen LogP contribution in [0.1, 0.15) is 26.3 Å². The maximum Gasteiger partial charge on any atom is 0.417 e. The van der Waals surface area contributed by atoms with E-state index in [9.17, 15) is 31.2 Å². The molecule has 0 atom stereocenters. The Hall–Kier alpha value is -2.63. The van der Waals surface area contributed by atoms with Gasteiger partial charge in [-0.15, -0.1) is 0 Å². The van der Waals surface area contributed by atoms with Gasteiger partial charge in [0.2, 0.25) is 15.9 Å². The highest BCUT2D eigenvalue weighted by Crippen LogP contribution is 2.36. The monoisotopic (exact) mass is 475 g/mol. The van der Waals surface area contributed by atoms with Crippen molar-refractivity contribution in [1.82, 2.24) is 9.21 Å². The summed E-state index contributed by atoms with van der Waals surface area (Å²) in [5, 5.41) is -0.597. The van der Waals surface area contributed by atoms with Crippen LogP contribution in [0.2, 0.25) is 5.02 Å². The number of hydrogen-bond acceptors (Lipinski definition) is 4. The Morgan fingerprint density at radius 2 is 1.58 bits per heavy atom. The van der Waals surface area contributed by atoms with Crippen molar-refractivity contribution in [2.24, 2.45) is 5.73 Å². The number of primary amides is 1. The number of nitrogens with two attached hydrogens (primary N) is 1. The van der Waals surface area contributed by atoms with Crippen molar-refractivity contribution in [2.75, 3.05) is 26.2 Å². The van der Waals surface area contributed by atoms with E-state index in [0.29, 0.717) is 6.07 Å². The predicted molar refractivity (Wildman–Crippen MR) is 106 cm³/mol. The largest absolute Gasteiger partial charge is 0.417 e. The molecule has 1 aliphatic heterocycles. The molecule has 2 N–H and O–H groups in total. The Kier molecular flexibility index (Phi) is 6.30. The third-order valence-electron chi connectivity index (χ3n) is 4.80. The van der Waals surface area contributed by atoms with Crippen LogP contribution in [0.5, 0.6) is 0 Å². The summed E-state index contributed by atoms with van der Waals surface area (Å²) in [4.78, 5) is 24.8. The van der Waals surface area contributed by atoms with Crippen LogP contribution in [0.15, 0.2) is 47.4 Å². The molecule has 0 aromatic heterocycles. The zero-order valence-electron chi connectivity index (χ0n) is 15.9. The first-order valence-electron chi connectivity index (χ1n) is 8.97. The molecule has 2 aromatic rings. The van der Waals surface area contributed by atoms with Gasteiger partial charge in [-0.2, -0.15) is 17.5 Å². The summed E-state index contributed by atoms with van der Waals surface area (Å²) < 4.78 is 65.8. The van der Waals surface area contributed by atoms with Gasteiger partial charge in [0.1, 0.15) is 0 Å².